The molecule has 13 nitrogen and oxygen atoms in total. The molecule has 0 atom stereocenters. The number of hydrogen-bond donors (Lipinski definition) is 4. The fourth-order valence-corrected chi connectivity index (χ4v) is 8.79. The molecule has 6 N–H and O–H groups in total. The van der Waals surface area contributed by atoms with Crippen LogP contribution < -0.4 is 36.3 Å². The van der Waals surface area contributed by atoms with E-state index in [1.165, 1.54) is 47.2 Å². The molecule has 18 heteroatoms. The van der Waals surface area contributed by atoms with Crippen molar-refractivity contribution in [2.75, 3.05) is 29.9 Å². The number of carbonyl (C=O) groups excluding carboxylic acids is 3. The Morgan fingerprint density at radius 1 is 0.672 bits per heavy atom. The molecule has 0 spiro atoms. The predicted molar refractivity (Wildman–Crippen MR) is 242 cm³/mol. The molecular weight excluding hydrogens is 886 g/mol. The first-order chi connectivity index (χ1) is 31.0. The van der Waals surface area contributed by atoms with E-state index < -0.39 is 23.5 Å². The van der Waals surface area contributed by atoms with Gasteiger partial charge >= 0.3 is 5.97 Å². The highest BCUT2D eigenvalue weighted by molar-refractivity contribution is 7.18. The van der Waals surface area contributed by atoms with Crippen molar-refractivity contribution in [1.29, 1.82) is 0 Å². The lowest BCUT2D eigenvalue weighted by atomic mass is 10.1. The average Bonchev–Trinajstić information content (AvgIpc) is 3.93. The van der Waals surface area contributed by atoms with Crippen LogP contribution >= 0.6 is 34.3 Å². The maximum atomic E-state index is 14.1. The fraction of sp³-hybridized carbons (Fsp3) is 0.109. The topological polar surface area (TPSA) is 190 Å². The van der Waals surface area contributed by atoms with Crippen molar-refractivity contribution < 1.29 is 42.1 Å². The Morgan fingerprint density at radius 2 is 1.23 bits per heavy atom. The molecular formula is C46H35ClF2N6O7S2. The summed E-state index contributed by atoms with van der Waals surface area (Å²) in [5, 5.41) is 10.9. The number of fused-ring (bicyclic) bond motifs is 2. The molecule has 0 aliphatic rings. The van der Waals surface area contributed by atoms with E-state index >= 15 is 0 Å². The Labute approximate surface area is 376 Å². The summed E-state index contributed by atoms with van der Waals surface area (Å²) in [4.78, 5) is 47.8. The highest BCUT2D eigenvalue weighted by Crippen LogP contribution is 2.35. The van der Waals surface area contributed by atoms with Gasteiger partial charge in [-0.2, -0.15) is 0 Å². The van der Waals surface area contributed by atoms with Gasteiger partial charge in [-0.15, -0.1) is 22.7 Å². The molecule has 0 bridgehead atoms. The van der Waals surface area contributed by atoms with Gasteiger partial charge in [-0.3, -0.25) is 9.59 Å². The number of nitrogens with one attached hydrogen (secondary N) is 2. The minimum absolute atomic E-state index is 0.00363. The van der Waals surface area contributed by atoms with E-state index in [1.807, 2.05) is 10.8 Å². The zero-order valence-corrected chi connectivity index (χ0v) is 35.8. The molecule has 4 aromatic heterocycles. The molecule has 4 aromatic carbocycles. The minimum atomic E-state index is -0.964. The van der Waals surface area contributed by atoms with E-state index in [0.29, 0.717) is 64.8 Å². The average molecular weight is 921 g/mol. The van der Waals surface area contributed by atoms with E-state index in [-0.39, 0.29) is 67.2 Å². The predicted octanol–water partition coefficient (Wildman–Crippen LogP) is 9.58. The standard InChI is InChI=1S/C46H35ClF2N6O7S2/c47-29-12-10-25(11-13-29)44(56)55-30-5-2-6-31(16-30)61-21-28-24-64-41-35(19-54-43(51)38(28)41)46(58)59-15-14-52-45(57)34-18-53-42(50)37-27(23-63-40(34)37)22-62-33-8-3-7-32(17-33)60-20-26-4-1-9-36(48)39(26)49/h1-13,16-19,23-24H,14-15,20-22H2,(H2,50,53)(H2,51,54)(H,52,57)(H,55,56). The van der Waals surface area contributed by atoms with Gasteiger partial charge < -0.3 is 41.0 Å². The first kappa shape index (κ1) is 43.3. The van der Waals surface area contributed by atoms with Crippen LogP contribution in [-0.2, 0) is 24.6 Å². The highest BCUT2D eigenvalue weighted by Gasteiger charge is 2.21. The van der Waals surface area contributed by atoms with Gasteiger partial charge in [-0.05, 0) is 65.4 Å². The third-order valence-electron chi connectivity index (χ3n) is 9.71. The van der Waals surface area contributed by atoms with Crippen LogP contribution in [0.25, 0.3) is 20.2 Å². The van der Waals surface area contributed by atoms with Gasteiger partial charge in [0.15, 0.2) is 11.6 Å². The maximum absolute atomic E-state index is 14.1. The van der Waals surface area contributed by atoms with Crippen LogP contribution in [0, 0.1) is 11.6 Å². The van der Waals surface area contributed by atoms with E-state index in [4.69, 9.17) is 42.0 Å². The van der Waals surface area contributed by atoms with Crippen LogP contribution in [0.1, 0.15) is 47.8 Å². The molecule has 324 valence electrons. The number of esters is 1. The van der Waals surface area contributed by atoms with Gasteiger partial charge in [0, 0.05) is 68.3 Å². The van der Waals surface area contributed by atoms with E-state index in [0.717, 1.165) is 6.07 Å². The summed E-state index contributed by atoms with van der Waals surface area (Å²) in [7, 11) is 0. The van der Waals surface area contributed by atoms with Crippen molar-refractivity contribution in [3.63, 3.8) is 0 Å². The molecule has 0 radical (unpaired) electrons. The summed E-state index contributed by atoms with van der Waals surface area (Å²) in [6.07, 6.45) is 2.73. The molecule has 0 aliphatic carbocycles. The lowest BCUT2D eigenvalue weighted by Gasteiger charge is -2.11. The van der Waals surface area contributed by atoms with Crippen LogP contribution in [0.3, 0.4) is 0 Å². The van der Waals surface area contributed by atoms with Crippen molar-refractivity contribution in [2.45, 2.75) is 19.8 Å². The molecule has 8 aromatic rings. The third kappa shape index (κ3) is 9.81. The Hall–Kier alpha value is -7.34. The first-order valence-corrected chi connectivity index (χ1v) is 21.5. The van der Waals surface area contributed by atoms with Crippen LogP contribution in [0.4, 0.5) is 26.1 Å². The Bertz CT molecular complexity index is 3040. The third-order valence-corrected chi connectivity index (χ3v) is 12.1. The summed E-state index contributed by atoms with van der Waals surface area (Å²) in [6, 6.07) is 24.1. The van der Waals surface area contributed by atoms with Crippen LogP contribution in [0.2, 0.25) is 5.02 Å². The van der Waals surface area contributed by atoms with Crippen molar-refractivity contribution in [1.82, 2.24) is 15.3 Å². The second kappa shape index (κ2) is 19.4. The molecule has 0 saturated heterocycles. The van der Waals surface area contributed by atoms with Crippen molar-refractivity contribution >= 4 is 89.6 Å². The quantitative estimate of drug-likeness (QED) is 0.0533. The highest BCUT2D eigenvalue weighted by atomic mass is 35.5. The Kier molecular flexibility index (Phi) is 13.1. The maximum Gasteiger partial charge on any atom is 0.341 e. The number of amides is 2. The molecule has 0 unspecified atom stereocenters. The van der Waals surface area contributed by atoms with Gasteiger partial charge in [-0.1, -0.05) is 35.9 Å². The molecule has 0 saturated carbocycles. The number of nitrogens with zero attached hydrogens (tertiary/aromatic N) is 2. The lowest BCUT2D eigenvalue weighted by molar-refractivity contribution is 0.0505. The second-order valence-corrected chi connectivity index (χ2v) is 16.2. The van der Waals surface area contributed by atoms with Crippen LogP contribution in [0.15, 0.2) is 114 Å². The number of nitrogens with two attached hydrogens (primary N) is 2. The molecule has 2 amide bonds. The van der Waals surface area contributed by atoms with Gasteiger partial charge in [-0.25, -0.2) is 23.5 Å². The number of benzene rings is 4. The number of halogens is 3. The lowest BCUT2D eigenvalue weighted by Crippen LogP contribution is -2.28. The van der Waals surface area contributed by atoms with Gasteiger partial charge in [0.1, 0.15) is 55.3 Å². The first-order valence-electron chi connectivity index (χ1n) is 19.3. The van der Waals surface area contributed by atoms with E-state index in [9.17, 15) is 23.2 Å². The number of thiophene rings is 2. The second-order valence-electron chi connectivity index (χ2n) is 14.0. The fourth-order valence-electron chi connectivity index (χ4n) is 6.53. The normalized spacial score (nSPS) is 11.0. The monoisotopic (exact) mass is 920 g/mol. The Morgan fingerprint density at radius 3 is 1.89 bits per heavy atom. The van der Waals surface area contributed by atoms with E-state index in [2.05, 4.69) is 20.6 Å². The molecule has 0 aliphatic heterocycles. The Balaban J connectivity index is 0.845. The SMILES string of the molecule is Nc1ncc(C(=O)NCCOC(=O)c2cnc(N)c3c(COc4cccc(NC(=O)c5ccc(Cl)cc5)c4)csc23)c2scc(COc3cccc(OCc4cccc(F)c4F)c3)c12. The minimum Gasteiger partial charge on any atom is -0.489 e. The molecule has 4 heterocycles. The smallest absolute Gasteiger partial charge is 0.341 e. The summed E-state index contributed by atoms with van der Waals surface area (Å²) in [5.41, 5.74) is 15.5. The number of ether oxygens (including phenoxy) is 4. The summed E-state index contributed by atoms with van der Waals surface area (Å²) < 4.78 is 52.1. The van der Waals surface area contributed by atoms with Crippen LogP contribution in [-0.4, -0.2) is 40.9 Å². The molecule has 64 heavy (non-hydrogen) atoms. The van der Waals surface area contributed by atoms with Gasteiger partial charge in [0.05, 0.1) is 27.1 Å². The molecule has 8 rings (SSSR count). The van der Waals surface area contributed by atoms with Crippen molar-refractivity contribution in [3.8, 4) is 17.2 Å². The number of carbonyl (C=O) groups is 3. The number of rotatable bonds is 16. The van der Waals surface area contributed by atoms with Gasteiger partial charge in [0.2, 0.25) is 0 Å². The molecule has 0 fully saturated rings. The largest absolute Gasteiger partial charge is 0.489 e. The zero-order chi connectivity index (χ0) is 44.7. The van der Waals surface area contributed by atoms with E-state index in [1.54, 1.807) is 72.8 Å². The van der Waals surface area contributed by atoms with Gasteiger partial charge in [0.25, 0.3) is 11.8 Å². The van der Waals surface area contributed by atoms with Crippen LogP contribution in [0.5, 0.6) is 17.2 Å². The number of anilines is 3. The summed E-state index contributed by atoms with van der Waals surface area (Å²) >= 11 is 8.53. The number of nitrogen functional groups attached to an aromatic ring is 2. The number of pyridine rings is 2. The summed E-state index contributed by atoms with van der Waals surface area (Å²) in [6.45, 7) is -0.133. The summed E-state index contributed by atoms with van der Waals surface area (Å²) in [5.74, 6) is -1.55. The van der Waals surface area contributed by atoms with Crippen molar-refractivity contribution in [3.05, 3.63) is 164 Å². The number of hydrogen-bond acceptors (Lipinski definition) is 13. The number of aromatic nitrogens is 2. The van der Waals surface area contributed by atoms with Crippen molar-refractivity contribution in [2.24, 2.45) is 0 Å². The zero-order valence-electron chi connectivity index (χ0n) is 33.4.